The van der Waals surface area contributed by atoms with E-state index in [1.54, 1.807) is 0 Å². The van der Waals surface area contributed by atoms with Crippen LogP contribution < -0.4 is 43.4 Å². The van der Waals surface area contributed by atoms with Crippen LogP contribution in [0, 0.1) is 0 Å². The van der Waals surface area contributed by atoms with Crippen molar-refractivity contribution < 1.29 is 19.2 Å². The van der Waals surface area contributed by atoms with Crippen LogP contribution in [0.1, 0.15) is 109 Å². The van der Waals surface area contributed by atoms with Crippen molar-refractivity contribution in [3.8, 4) is 0 Å². The molecule has 51 heavy (non-hydrogen) atoms. The van der Waals surface area contributed by atoms with Crippen LogP contribution in [-0.2, 0) is 19.2 Å². The number of carbonyl (C=O) groups excluding carboxylic acids is 4. The van der Waals surface area contributed by atoms with Crippen LogP contribution in [0.3, 0.4) is 0 Å². The molecule has 0 aromatic rings. The summed E-state index contributed by atoms with van der Waals surface area (Å²) in [7, 11) is 0. The average Bonchev–Trinajstić information content (AvgIpc) is 3.86. The highest BCUT2D eigenvalue weighted by molar-refractivity contribution is 8.00. The van der Waals surface area contributed by atoms with E-state index in [-0.39, 0.29) is 35.7 Å². The minimum absolute atomic E-state index is 0.0232. The van der Waals surface area contributed by atoms with Gasteiger partial charge in [-0.15, -0.1) is 0 Å². The van der Waals surface area contributed by atoms with Gasteiger partial charge in [-0.25, -0.2) is 9.98 Å². The number of hydrogen-bond acceptors (Lipinski definition) is 12. The fraction of sp³-hybridized carbons (Fsp3) is 0.829. The predicted octanol–water partition coefficient (Wildman–Crippen LogP) is 1.62. The van der Waals surface area contributed by atoms with Crippen molar-refractivity contribution in [2.75, 3.05) is 37.7 Å². The summed E-state index contributed by atoms with van der Waals surface area (Å²) in [5, 5.41) is 19.3. The quantitative estimate of drug-likeness (QED) is 0.0598. The Labute approximate surface area is 312 Å². The van der Waals surface area contributed by atoms with E-state index in [1.807, 2.05) is 23.5 Å². The summed E-state index contributed by atoms with van der Waals surface area (Å²) in [6.07, 6.45) is 13.7. The van der Waals surface area contributed by atoms with E-state index in [2.05, 4.69) is 41.9 Å². The molecule has 0 spiro atoms. The lowest BCUT2D eigenvalue weighted by molar-refractivity contribution is -0.122. The van der Waals surface area contributed by atoms with Crippen LogP contribution in [0.2, 0.25) is 0 Å². The minimum Gasteiger partial charge on any atom is -0.370 e. The summed E-state index contributed by atoms with van der Waals surface area (Å²) in [5.74, 6) is 3.46. The molecule has 0 saturated carbocycles. The molecule has 0 bridgehead atoms. The number of nitrogens with two attached hydrogens (primary N) is 2. The molecule has 4 rings (SSSR count). The fourth-order valence-electron chi connectivity index (χ4n) is 7.04. The van der Waals surface area contributed by atoms with Crippen molar-refractivity contribution in [2.45, 2.75) is 144 Å². The molecule has 0 unspecified atom stereocenters. The van der Waals surface area contributed by atoms with Crippen molar-refractivity contribution in [1.29, 1.82) is 0 Å². The third-order valence-electron chi connectivity index (χ3n) is 9.90. The lowest BCUT2D eigenvalue weighted by Gasteiger charge is -2.14. The number of hydrogen-bond donors (Lipinski definition) is 8. The first-order valence-electron chi connectivity index (χ1n) is 19.3. The van der Waals surface area contributed by atoms with Gasteiger partial charge in [0.05, 0.1) is 24.2 Å². The second-order valence-corrected chi connectivity index (χ2v) is 16.7. The average molecular weight is 751 g/mol. The van der Waals surface area contributed by atoms with Crippen molar-refractivity contribution >= 4 is 59.1 Å². The summed E-state index contributed by atoms with van der Waals surface area (Å²) in [6.45, 7) is 2.36. The number of fused-ring (bicyclic) bond motifs is 2. The van der Waals surface area contributed by atoms with Crippen molar-refractivity contribution in [3.63, 3.8) is 0 Å². The monoisotopic (exact) mass is 750 g/mol. The predicted molar refractivity (Wildman–Crippen MR) is 208 cm³/mol. The Morgan fingerprint density at radius 3 is 1.27 bits per heavy atom. The molecule has 0 radical (unpaired) electrons. The number of rotatable bonds is 26. The smallest absolute Gasteiger partial charge is 0.219 e. The van der Waals surface area contributed by atoms with E-state index in [0.717, 1.165) is 88.6 Å². The van der Waals surface area contributed by atoms with Gasteiger partial charge in [-0.2, -0.15) is 23.5 Å². The SMILES string of the molecule is NC1=N[C@H]2[C@H](CS[C@H]2CCCCC(=O)NCCCCCC(=O)NCCCNC(=O)CCCCCNC(=O)CCCC[C@@H]2SC[C@@H]3NC(N)=N[C@@H]32)N1. The van der Waals surface area contributed by atoms with Gasteiger partial charge in [0.15, 0.2) is 11.9 Å². The molecule has 4 aliphatic rings. The lowest BCUT2D eigenvalue weighted by atomic mass is 10.0. The molecule has 10 N–H and O–H groups in total. The molecule has 2 saturated heterocycles. The molecule has 6 atom stereocenters. The number of nitrogens with zero attached hydrogens (tertiary/aromatic N) is 2. The van der Waals surface area contributed by atoms with Gasteiger partial charge in [-0.3, -0.25) is 19.2 Å². The topological polar surface area (TPSA) is 217 Å². The van der Waals surface area contributed by atoms with Gasteiger partial charge in [0.25, 0.3) is 0 Å². The van der Waals surface area contributed by atoms with Crippen LogP contribution in [-0.4, -0.2) is 108 Å². The number of carbonyl (C=O) groups is 4. The molecule has 4 heterocycles. The summed E-state index contributed by atoms with van der Waals surface area (Å²) in [5.41, 5.74) is 11.6. The maximum absolute atomic E-state index is 12.1. The van der Waals surface area contributed by atoms with Crippen molar-refractivity contribution in [1.82, 2.24) is 31.9 Å². The molecular formula is C35H62N10O4S2. The summed E-state index contributed by atoms with van der Waals surface area (Å²) in [6, 6.07) is 1.31. The maximum Gasteiger partial charge on any atom is 0.219 e. The van der Waals surface area contributed by atoms with E-state index in [4.69, 9.17) is 11.5 Å². The molecule has 0 aromatic carbocycles. The van der Waals surface area contributed by atoms with Crippen molar-refractivity contribution in [3.05, 3.63) is 0 Å². The molecule has 16 heteroatoms. The van der Waals surface area contributed by atoms with E-state index >= 15 is 0 Å². The Bertz CT molecular complexity index is 1100. The van der Waals surface area contributed by atoms with E-state index < -0.39 is 0 Å². The molecule has 2 fully saturated rings. The number of unbranched alkanes of at least 4 members (excludes halogenated alkanes) is 6. The first-order chi connectivity index (χ1) is 24.8. The zero-order chi connectivity index (χ0) is 36.3. The molecule has 0 aliphatic carbocycles. The number of guanidine groups is 2. The van der Waals surface area contributed by atoms with Gasteiger partial charge < -0.3 is 43.4 Å². The van der Waals surface area contributed by atoms with Gasteiger partial charge in [-0.05, 0) is 57.8 Å². The zero-order valence-corrected chi connectivity index (χ0v) is 31.9. The van der Waals surface area contributed by atoms with Crippen LogP contribution in [0.5, 0.6) is 0 Å². The minimum atomic E-state index is 0.0232. The normalized spacial score (nSPS) is 24.5. The lowest BCUT2D eigenvalue weighted by Crippen LogP contribution is -2.38. The molecule has 4 amide bonds. The Morgan fingerprint density at radius 2 is 0.882 bits per heavy atom. The number of nitrogens with one attached hydrogen (secondary N) is 6. The molecule has 14 nitrogen and oxygen atoms in total. The highest BCUT2D eigenvalue weighted by Crippen LogP contribution is 2.36. The van der Waals surface area contributed by atoms with Crippen LogP contribution >= 0.6 is 23.5 Å². The van der Waals surface area contributed by atoms with Gasteiger partial charge in [-0.1, -0.05) is 25.7 Å². The Morgan fingerprint density at radius 1 is 0.529 bits per heavy atom. The first-order valence-corrected chi connectivity index (χ1v) is 21.4. The van der Waals surface area contributed by atoms with Crippen LogP contribution in [0.4, 0.5) is 0 Å². The van der Waals surface area contributed by atoms with Crippen LogP contribution in [0.15, 0.2) is 9.98 Å². The van der Waals surface area contributed by atoms with Crippen molar-refractivity contribution in [2.24, 2.45) is 21.5 Å². The first kappa shape index (κ1) is 40.9. The second-order valence-electron chi connectivity index (χ2n) is 14.1. The summed E-state index contributed by atoms with van der Waals surface area (Å²) >= 11 is 3.91. The van der Waals surface area contributed by atoms with Gasteiger partial charge >= 0.3 is 0 Å². The number of thioether (sulfide) groups is 2. The second kappa shape index (κ2) is 22.9. The van der Waals surface area contributed by atoms with Gasteiger partial charge in [0.2, 0.25) is 23.6 Å². The summed E-state index contributed by atoms with van der Waals surface area (Å²) < 4.78 is 0. The zero-order valence-electron chi connectivity index (χ0n) is 30.2. The third kappa shape index (κ3) is 15.3. The molecule has 288 valence electrons. The third-order valence-corrected chi connectivity index (χ3v) is 12.9. The van der Waals surface area contributed by atoms with E-state index in [9.17, 15) is 19.2 Å². The largest absolute Gasteiger partial charge is 0.370 e. The van der Waals surface area contributed by atoms with E-state index in [1.165, 1.54) is 0 Å². The van der Waals surface area contributed by atoms with Crippen LogP contribution in [0.25, 0.3) is 0 Å². The summed E-state index contributed by atoms with van der Waals surface area (Å²) in [4.78, 5) is 57.5. The number of amides is 4. The standard InChI is InChI=1S/C35H62N10O4S2/c36-34-42-24-22-50-26(32(24)44-34)12-5-7-16-30(48)38-18-9-1-3-14-28(46)40-20-11-21-41-29(47)15-4-2-10-19-39-31(49)17-8-6-13-27-33-25(23-51-27)43-35(37)45-33/h24-27,32-33H,1-23H2,(H,38,48)(H,39,49)(H,40,46)(H,41,47)(H3,36,42,44)(H3,37,43,45)/t24-,25-,26-,27-,32-,33-/m0/s1. The highest BCUT2D eigenvalue weighted by Gasteiger charge is 2.41. The van der Waals surface area contributed by atoms with Gasteiger partial charge in [0, 0.05) is 73.9 Å². The number of aliphatic imine (C=N–C) groups is 2. The van der Waals surface area contributed by atoms with E-state index in [0.29, 0.717) is 92.8 Å². The molecular weight excluding hydrogens is 689 g/mol. The maximum atomic E-state index is 12.1. The highest BCUT2D eigenvalue weighted by atomic mass is 32.2. The fourth-order valence-corrected chi connectivity index (χ4v) is 10.1. The Kier molecular flexibility index (Phi) is 18.4. The molecule has 4 aliphatic heterocycles. The molecule has 0 aromatic heterocycles. The Hall–Kier alpha value is -2.88. The Balaban J connectivity index is 0.841. The van der Waals surface area contributed by atoms with Gasteiger partial charge in [0.1, 0.15) is 0 Å².